The van der Waals surface area contributed by atoms with Gasteiger partial charge in [-0.25, -0.2) is 4.39 Å². The minimum atomic E-state index is -0.233. The van der Waals surface area contributed by atoms with Gasteiger partial charge >= 0.3 is 0 Å². The summed E-state index contributed by atoms with van der Waals surface area (Å²) in [7, 11) is 1.70. The minimum Gasteiger partial charge on any atom is -0.402 e. The fraction of sp³-hybridized carbons (Fsp3) is 0.545. The van der Waals surface area contributed by atoms with Crippen molar-refractivity contribution in [2.45, 2.75) is 54.9 Å². The van der Waals surface area contributed by atoms with Crippen LogP contribution < -0.4 is 5.73 Å². The first-order valence-electron chi connectivity index (χ1n) is 9.21. The SMILES string of the molecule is CC.COC/C(CC(C)C)=C(/C(C)=C(\N)C(C)C)c1ccc(F)cc1. The normalized spacial score (nSPS) is 13.2. The van der Waals surface area contributed by atoms with Crippen LogP contribution >= 0.6 is 0 Å². The van der Waals surface area contributed by atoms with Crippen LogP contribution in [0.3, 0.4) is 0 Å². The monoisotopic (exact) mass is 349 g/mol. The van der Waals surface area contributed by atoms with Gasteiger partial charge in [-0.05, 0) is 59.6 Å². The fourth-order valence-electron chi connectivity index (χ4n) is 2.78. The summed E-state index contributed by atoms with van der Waals surface area (Å²) in [6, 6.07) is 6.62. The first-order chi connectivity index (χ1) is 11.8. The molecule has 0 amide bonds. The van der Waals surface area contributed by atoms with Crippen molar-refractivity contribution in [3.05, 3.63) is 52.5 Å². The van der Waals surface area contributed by atoms with Crippen molar-refractivity contribution < 1.29 is 9.13 Å². The Kier molecular flexibility index (Phi) is 11.1. The number of allylic oxidation sites excluding steroid dienone is 3. The number of hydrogen-bond donors (Lipinski definition) is 1. The second-order valence-corrected chi connectivity index (χ2v) is 6.75. The fourth-order valence-corrected chi connectivity index (χ4v) is 2.78. The highest BCUT2D eigenvalue weighted by atomic mass is 19.1. The maximum atomic E-state index is 13.3. The molecule has 0 bridgehead atoms. The molecule has 0 radical (unpaired) electrons. The molecule has 3 heteroatoms. The van der Waals surface area contributed by atoms with E-state index in [-0.39, 0.29) is 11.7 Å². The molecule has 142 valence electrons. The maximum Gasteiger partial charge on any atom is 0.123 e. The first-order valence-corrected chi connectivity index (χ1v) is 9.21. The summed E-state index contributed by atoms with van der Waals surface area (Å²) in [6.45, 7) is 15.1. The summed E-state index contributed by atoms with van der Waals surface area (Å²) in [6.07, 6.45) is 0.920. The van der Waals surface area contributed by atoms with Crippen molar-refractivity contribution in [2.24, 2.45) is 17.6 Å². The van der Waals surface area contributed by atoms with Crippen molar-refractivity contribution in [3.8, 4) is 0 Å². The van der Waals surface area contributed by atoms with Crippen molar-refractivity contribution in [2.75, 3.05) is 13.7 Å². The Morgan fingerprint density at radius 1 is 1.08 bits per heavy atom. The number of nitrogens with two attached hydrogens (primary N) is 1. The lowest BCUT2D eigenvalue weighted by Crippen LogP contribution is -2.12. The van der Waals surface area contributed by atoms with Gasteiger partial charge in [0.15, 0.2) is 0 Å². The minimum absolute atomic E-state index is 0.233. The smallest absolute Gasteiger partial charge is 0.123 e. The highest BCUT2D eigenvalue weighted by molar-refractivity contribution is 5.81. The summed E-state index contributed by atoms with van der Waals surface area (Å²) >= 11 is 0. The number of hydrogen-bond acceptors (Lipinski definition) is 2. The molecule has 1 aromatic carbocycles. The molecular weight excluding hydrogens is 313 g/mol. The van der Waals surface area contributed by atoms with Gasteiger partial charge in [0.25, 0.3) is 0 Å². The van der Waals surface area contributed by atoms with Gasteiger partial charge in [-0.2, -0.15) is 0 Å². The van der Waals surface area contributed by atoms with E-state index >= 15 is 0 Å². The van der Waals surface area contributed by atoms with E-state index < -0.39 is 0 Å². The zero-order chi connectivity index (χ0) is 19.6. The average Bonchev–Trinajstić information content (AvgIpc) is 2.57. The molecule has 0 aliphatic carbocycles. The van der Waals surface area contributed by atoms with E-state index in [2.05, 4.69) is 27.7 Å². The van der Waals surface area contributed by atoms with Crippen molar-refractivity contribution >= 4 is 5.57 Å². The topological polar surface area (TPSA) is 35.2 Å². The third kappa shape index (κ3) is 7.43. The Morgan fingerprint density at radius 2 is 1.60 bits per heavy atom. The lowest BCUT2D eigenvalue weighted by Gasteiger charge is -2.21. The highest BCUT2D eigenvalue weighted by Gasteiger charge is 2.16. The third-order valence-corrected chi connectivity index (χ3v) is 3.89. The van der Waals surface area contributed by atoms with Crippen LogP contribution in [0.1, 0.15) is 60.5 Å². The summed E-state index contributed by atoms with van der Waals surface area (Å²) < 4.78 is 18.7. The number of ether oxygens (including phenoxy) is 1. The Bertz CT molecular complexity index is 568. The van der Waals surface area contributed by atoms with Crippen molar-refractivity contribution in [1.82, 2.24) is 0 Å². The molecular formula is C22H36FNO. The van der Waals surface area contributed by atoms with E-state index in [0.29, 0.717) is 12.5 Å². The van der Waals surface area contributed by atoms with E-state index in [9.17, 15) is 4.39 Å². The first kappa shape index (κ1) is 23.4. The van der Waals surface area contributed by atoms with Gasteiger partial charge < -0.3 is 10.5 Å². The molecule has 2 N–H and O–H groups in total. The number of benzene rings is 1. The van der Waals surface area contributed by atoms with Gasteiger partial charge in [0.05, 0.1) is 6.61 Å². The summed E-state index contributed by atoms with van der Waals surface area (Å²) in [5.41, 5.74) is 11.5. The van der Waals surface area contributed by atoms with Gasteiger partial charge in [-0.15, -0.1) is 0 Å². The highest BCUT2D eigenvalue weighted by Crippen LogP contribution is 2.32. The Balaban J connectivity index is 0.00000277. The molecule has 0 fully saturated rings. The molecule has 0 atom stereocenters. The van der Waals surface area contributed by atoms with Crippen molar-refractivity contribution in [3.63, 3.8) is 0 Å². The Morgan fingerprint density at radius 3 is 2.00 bits per heavy atom. The van der Waals surface area contributed by atoms with Crippen LogP contribution in [0.5, 0.6) is 0 Å². The van der Waals surface area contributed by atoms with E-state index in [4.69, 9.17) is 10.5 Å². The average molecular weight is 350 g/mol. The van der Waals surface area contributed by atoms with Gasteiger partial charge in [0.2, 0.25) is 0 Å². The van der Waals surface area contributed by atoms with E-state index in [1.54, 1.807) is 7.11 Å². The number of rotatable bonds is 7. The van der Waals surface area contributed by atoms with Crippen LogP contribution in [-0.4, -0.2) is 13.7 Å². The second kappa shape index (κ2) is 11.9. The van der Waals surface area contributed by atoms with Gasteiger partial charge in [-0.1, -0.05) is 53.7 Å². The lowest BCUT2D eigenvalue weighted by atomic mass is 9.87. The maximum absolute atomic E-state index is 13.3. The third-order valence-electron chi connectivity index (χ3n) is 3.89. The summed E-state index contributed by atoms with van der Waals surface area (Å²) in [5, 5.41) is 0. The zero-order valence-corrected chi connectivity index (χ0v) is 17.2. The standard InChI is InChI=1S/C20H30FNO.C2H6/c1-13(2)11-17(12-23-6)19(15(5)20(22)14(3)4)16-7-9-18(21)10-8-16;1-2/h7-10,13-14H,11-12,22H2,1-6H3;1-2H3/b19-17-,20-15-;. The van der Waals surface area contributed by atoms with E-state index in [1.807, 2.05) is 32.9 Å². The summed E-state index contributed by atoms with van der Waals surface area (Å²) in [4.78, 5) is 0. The van der Waals surface area contributed by atoms with Crippen LogP contribution in [-0.2, 0) is 4.74 Å². The van der Waals surface area contributed by atoms with E-state index in [1.165, 1.54) is 17.7 Å². The van der Waals surface area contributed by atoms with Crippen LogP contribution in [0.2, 0.25) is 0 Å². The quantitative estimate of drug-likeness (QED) is 0.596. The molecule has 25 heavy (non-hydrogen) atoms. The molecule has 0 unspecified atom stereocenters. The molecule has 0 heterocycles. The van der Waals surface area contributed by atoms with Crippen LogP contribution in [0.25, 0.3) is 5.57 Å². The van der Waals surface area contributed by atoms with Crippen LogP contribution in [0, 0.1) is 17.7 Å². The number of halogens is 1. The van der Waals surface area contributed by atoms with E-state index in [0.717, 1.165) is 28.8 Å². The molecule has 0 saturated heterocycles. The van der Waals surface area contributed by atoms with Crippen molar-refractivity contribution in [1.29, 1.82) is 0 Å². The molecule has 2 nitrogen and oxygen atoms in total. The summed E-state index contributed by atoms with van der Waals surface area (Å²) in [5.74, 6) is 0.528. The Labute approximate surface area is 154 Å². The molecule has 0 aliphatic rings. The molecule has 0 spiro atoms. The van der Waals surface area contributed by atoms with Gasteiger partial charge in [0, 0.05) is 12.8 Å². The predicted molar refractivity (Wildman–Crippen MR) is 108 cm³/mol. The van der Waals surface area contributed by atoms with Crippen LogP contribution in [0.4, 0.5) is 4.39 Å². The predicted octanol–water partition coefficient (Wildman–Crippen LogP) is 6.19. The Hall–Kier alpha value is -1.61. The molecule has 0 saturated carbocycles. The number of methoxy groups -OCH3 is 1. The van der Waals surface area contributed by atoms with Gasteiger partial charge in [-0.3, -0.25) is 0 Å². The van der Waals surface area contributed by atoms with Gasteiger partial charge in [0.1, 0.15) is 5.82 Å². The molecule has 1 aromatic rings. The molecule has 1 rings (SSSR count). The second-order valence-electron chi connectivity index (χ2n) is 6.75. The van der Waals surface area contributed by atoms with Crippen LogP contribution in [0.15, 0.2) is 41.1 Å². The zero-order valence-electron chi connectivity index (χ0n) is 17.2. The lowest BCUT2D eigenvalue weighted by molar-refractivity contribution is 0.221. The molecule has 0 aromatic heterocycles. The molecule has 0 aliphatic heterocycles. The largest absolute Gasteiger partial charge is 0.402 e.